The highest BCUT2D eigenvalue weighted by Crippen LogP contribution is 2.15. The Kier molecular flexibility index (Phi) is 3.46. The summed E-state index contributed by atoms with van der Waals surface area (Å²) in [4.78, 5) is 20.5. The van der Waals surface area contributed by atoms with Gasteiger partial charge in [-0.1, -0.05) is 12.2 Å². The highest BCUT2D eigenvalue weighted by molar-refractivity contribution is 5.84. The summed E-state index contributed by atoms with van der Waals surface area (Å²) < 4.78 is 0. The van der Waals surface area contributed by atoms with Crippen molar-refractivity contribution >= 4 is 11.6 Å². The smallest absolute Gasteiger partial charge is 0.243 e. The average Bonchev–Trinajstić information content (AvgIpc) is 3.02. The fourth-order valence-corrected chi connectivity index (χ4v) is 2.57. The minimum absolute atomic E-state index is 0.118. The van der Waals surface area contributed by atoms with E-state index in [-0.39, 0.29) is 11.9 Å². The molecule has 100 valence electrons. The van der Waals surface area contributed by atoms with Crippen molar-refractivity contribution < 1.29 is 4.79 Å². The molecular weight excluding hydrogens is 240 g/mol. The van der Waals surface area contributed by atoms with Crippen LogP contribution < -0.4 is 10.2 Å². The number of amides is 1. The van der Waals surface area contributed by atoms with E-state index in [9.17, 15) is 4.79 Å². The highest BCUT2D eigenvalue weighted by atomic mass is 16.2. The fourth-order valence-electron chi connectivity index (χ4n) is 2.57. The molecule has 1 aromatic heterocycles. The van der Waals surface area contributed by atoms with Gasteiger partial charge in [-0.15, -0.1) is 0 Å². The average molecular weight is 258 g/mol. The molecule has 1 aromatic rings. The Hall–Kier alpha value is -1.88. The first-order chi connectivity index (χ1) is 9.34. The lowest BCUT2D eigenvalue weighted by molar-refractivity contribution is -0.132. The van der Waals surface area contributed by atoms with Crippen LogP contribution in [-0.2, 0) is 4.79 Å². The van der Waals surface area contributed by atoms with Crippen LogP contribution >= 0.6 is 0 Å². The van der Waals surface area contributed by atoms with Gasteiger partial charge in [-0.3, -0.25) is 15.1 Å². The molecule has 1 saturated heterocycles. The molecule has 0 radical (unpaired) electrons. The van der Waals surface area contributed by atoms with Gasteiger partial charge in [-0.05, 0) is 12.1 Å². The predicted octanol–water partition coefficient (Wildman–Crippen LogP) is 0.258. The van der Waals surface area contributed by atoms with Gasteiger partial charge in [0, 0.05) is 50.8 Å². The Morgan fingerprint density at radius 2 is 1.95 bits per heavy atom. The second kappa shape index (κ2) is 5.40. The topological polar surface area (TPSA) is 48.5 Å². The first-order valence-corrected chi connectivity index (χ1v) is 6.68. The molecule has 0 spiro atoms. The summed E-state index contributed by atoms with van der Waals surface area (Å²) in [5.41, 5.74) is 1.18. The van der Waals surface area contributed by atoms with Crippen molar-refractivity contribution in [3.8, 4) is 0 Å². The van der Waals surface area contributed by atoms with Crippen LogP contribution in [0.4, 0.5) is 5.69 Å². The summed E-state index contributed by atoms with van der Waals surface area (Å²) in [6.45, 7) is 4.13. The maximum atomic E-state index is 12.2. The molecule has 2 aliphatic heterocycles. The number of rotatable bonds is 2. The van der Waals surface area contributed by atoms with Crippen LogP contribution in [0.2, 0.25) is 0 Å². The third-order valence-corrected chi connectivity index (χ3v) is 3.67. The maximum Gasteiger partial charge on any atom is 0.243 e. The lowest BCUT2D eigenvalue weighted by atomic mass is 10.2. The Balaban J connectivity index is 1.57. The Morgan fingerprint density at radius 3 is 2.58 bits per heavy atom. The number of piperazine rings is 1. The van der Waals surface area contributed by atoms with Gasteiger partial charge in [-0.25, -0.2) is 0 Å². The van der Waals surface area contributed by atoms with Crippen molar-refractivity contribution in [3.63, 3.8) is 0 Å². The largest absolute Gasteiger partial charge is 0.368 e. The minimum Gasteiger partial charge on any atom is -0.368 e. The maximum absolute atomic E-state index is 12.2. The van der Waals surface area contributed by atoms with Gasteiger partial charge in [0.15, 0.2) is 0 Å². The third kappa shape index (κ3) is 2.61. The van der Waals surface area contributed by atoms with Crippen molar-refractivity contribution in [2.75, 3.05) is 37.6 Å². The summed E-state index contributed by atoms with van der Waals surface area (Å²) in [7, 11) is 0. The molecule has 1 N–H and O–H groups in total. The number of pyridine rings is 1. The number of anilines is 1. The van der Waals surface area contributed by atoms with Gasteiger partial charge in [0.25, 0.3) is 0 Å². The molecule has 0 aliphatic carbocycles. The highest BCUT2D eigenvalue weighted by Gasteiger charge is 2.26. The summed E-state index contributed by atoms with van der Waals surface area (Å²) in [6.07, 6.45) is 7.58. The predicted molar refractivity (Wildman–Crippen MR) is 74.0 cm³/mol. The van der Waals surface area contributed by atoms with Gasteiger partial charge in [-0.2, -0.15) is 0 Å². The summed E-state index contributed by atoms with van der Waals surface area (Å²) in [5, 5.41) is 3.17. The Labute approximate surface area is 112 Å². The van der Waals surface area contributed by atoms with Crippen molar-refractivity contribution in [1.82, 2.24) is 15.2 Å². The number of carbonyl (C=O) groups excluding carboxylic acids is 1. The van der Waals surface area contributed by atoms with Gasteiger partial charge >= 0.3 is 0 Å². The van der Waals surface area contributed by atoms with E-state index < -0.39 is 0 Å². The van der Waals surface area contributed by atoms with Gasteiger partial charge in [0.05, 0.1) is 0 Å². The van der Waals surface area contributed by atoms with Crippen LogP contribution in [0.3, 0.4) is 0 Å². The van der Waals surface area contributed by atoms with Crippen LogP contribution in [-0.4, -0.2) is 54.6 Å². The van der Waals surface area contributed by atoms with Crippen LogP contribution in [0.1, 0.15) is 0 Å². The van der Waals surface area contributed by atoms with Crippen molar-refractivity contribution in [1.29, 1.82) is 0 Å². The normalized spacial score (nSPS) is 22.8. The standard InChI is InChI=1S/C14H18N4O/c19-14(13-2-1-5-16-13)18-10-8-17(9-11-18)12-3-6-15-7-4-12/h1-4,6-7,13,16H,5,8-11H2/t13-/m0/s1. The van der Waals surface area contributed by atoms with E-state index in [1.807, 2.05) is 29.2 Å². The van der Waals surface area contributed by atoms with E-state index in [1.165, 1.54) is 5.69 Å². The zero-order valence-electron chi connectivity index (χ0n) is 10.8. The van der Waals surface area contributed by atoms with Gasteiger partial charge in [0.1, 0.15) is 6.04 Å². The van der Waals surface area contributed by atoms with Gasteiger partial charge < -0.3 is 9.80 Å². The molecule has 2 aliphatic rings. The SMILES string of the molecule is O=C([C@@H]1C=CCN1)N1CCN(c2ccncc2)CC1. The number of hydrogen-bond donors (Lipinski definition) is 1. The van der Waals surface area contributed by atoms with E-state index in [0.29, 0.717) is 0 Å². The lowest BCUT2D eigenvalue weighted by Gasteiger charge is -2.37. The van der Waals surface area contributed by atoms with Crippen LogP contribution in [0, 0.1) is 0 Å². The fraction of sp³-hybridized carbons (Fsp3) is 0.429. The molecule has 0 unspecified atom stereocenters. The third-order valence-electron chi connectivity index (χ3n) is 3.67. The monoisotopic (exact) mass is 258 g/mol. The summed E-state index contributed by atoms with van der Waals surface area (Å²) >= 11 is 0. The molecule has 0 aromatic carbocycles. The molecule has 1 fully saturated rings. The molecule has 3 rings (SSSR count). The van der Waals surface area contributed by atoms with Crippen molar-refractivity contribution in [3.05, 3.63) is 36.7 Å². The molecule has 1 atom stereocenters. The van der Waals surface area contributed by atoms with E-state index in [4.69, 9.17) is 0 Å². The summed E-state index contributed by atoms with van der Waals surface area (Å²) in [5.74, 6) is 0.197. The lowest BCUT2D eigenvalue weighted by Crippen LogP contribution is -2.53. The first kappa shape index (κ1) is 12.2. The quantitative estimate of drug-likeness (QED) is 0.773. The second-order valence-electron chi connectivity index (χ2n) is 4.83. The van der Waals surface area contributed by atoms with Gasteiger partial charge in [0.2, 0.25) is 5.91 Å². The van der Waals surface area contributed by atoms with E-state index in [2.05, 4.69) is 15.2 Å². The second-order valence-corrected chi connectivity index (χ2v) is 4.83. The van der Waals surface area contributed by atoms with Crippen LogP contribution in [0.15, 0.2) is 36.7 Å². The Bertz CT molecular complexity index is 466. The van der Waals surface area contributed by atoms with E-state index in [1.54, 1.807) is 12.4 Å². The number of aromatic nitrogens is 1. The van der Waals surface area contributed by atoms with E-state index >= 15 is 0 Å². The molecule has 0 saturated carbocycles. The van der Waals surface area contributed by atoms with Crippen LogP contribution in [0.5, 0.6) is 0 Å². The van der Waals surface area contributed by atoms with E-state index in [0.717, 1.165) is 32.7 Å². The number of nitrogens with zero attached hydrogens (tertiary/aromatic N) is 3. The molecular formula is C14H18N4O. The van der Waals surface area contributed by atoms with Crippen molar-refractivity contribution in [2.45, 2.75) is 6.04 Å². The number of carbonyl (C=O) groups is 1. The number of nitrogens with one attached hydrogen (secondary N) is 1. The zero-order valence-corrected chi connectivity index (χ0v) is 10.8. The zero-order chi connectivity index (χ0) is 13.1. The molecule has 3 heterocycles. The Morgan fingerprint density at radius 1 is 1.21 bits per heavy atom. The van der Waals surface area contributed by atoms with Crippen LogP contribution in [0.25, 0.3) is 0 Å². The molecule has 5 nitrogen and oxygen atoms in total. The molecule has 1 amide bonds. The molecule has 0 bridgehead atoms. The molecule has 5 heteroatoms. The summed E-state index contributed by atoms with van der Waals surface area (Å²) in [6, 6.07) is 3.91. The number of hydrogen-bond acceptors (Lipinski definition) is 4. The minimum atomic E-state index is -0.118. The molecule has 19 heavy (non-hydrogen) atoms. The van der Waals surface area contributed by atoms with Crippen molar-refractivity contribution in [2.24, 2.45) is 0 Å². The first-order valence-electron chi connectivity index (χ1n) is 6.68.